The van der Waals surface area contributed by atoms with Crippen molar-refractivity contribution >= 4 is 11.6 Å². The molecule has 0 aliphatic carbocycles. The van der Waals surface area contributed by atoms with E-state index in [2.05, 4.69) is 10.1 Å². The van der Waals surface area contributed by atoms with E-state index in [4.69, 9.17) is 4.74 Å². The molecular formula is C17H19N5O2. The van der Waals surface area contributed by atoms with Gasteiger partial charge >= 0.3 is 0 Å². The van der Waals surface area contributed by atoms with Gasteiger partial charge in [0.15, 0.2) is 5.65 Å². The standard InChI is InChI=1S/C17H19N5O2/c1-12-5-7-22-16(19-12)13(10-18-22)17(23)21-8-9-24-11-15(21)14-4-3-6-20(14)2/h3-7,10,15H,8-9,11H2,1-2H3/t15-/m1/s1. The predicted molar refractivity (Wildman–Crippen MR) is 87.7 cm³/mol. The van der Waals surface area contributed by atoms with Crippen molar-refractivity contribution in [3.8, 4) is 0 Å². The van der Waals surface area contributed by atoms with Crippen LogP contribution in [-0.2, 0) is 11.8 Å². The van der Waals surface area contributed by atoms with E-state index in [1.54, 1.807) is 10.7 Å². The number of morpholine rings is 1. The van der Waals surface area contributed by atoms with Crippen LogP contribution < -0.4 is 0 Å². The van der Waals surface area contributed by atoms with Gasteiger partial charge in [-0.15, -0.1) is 0 Å². The molecule has 3 aromatic rings. The van der Waals surface area contributed by atoms with Crippen molar-refractivity contribution in [1.82, 2.24) is 24.1 Å². The summed E-state index contributed by atoms with van der Waals surface area (Å²) in [5.41, 5.74) is 3.04. The Balaban J connectivity index is 1.73. The van der Waals surface area contributed by atoms with Gasteiger partial charge in [0.05, 0.1) is 25.5 Å². The van der Waals surface area contributed by atoms with Gasteiger partial charge in [-0.25, -0.2) is 9.50 Å². The molecule has 4 heterocycles. The van der Waals surface area contributed by atoms with Gasteiger partial charge in [-0.3, -0.25) is 4.79 Å². The number of carbonyl (C=O) groups excluding carboxylic acids is 1. The average Bonchev–Trinajstić information content (AvgIpc) is 3.20. The number of aromatic nitrogens is 4. The number of nitrogens with zero attached hydrogens (tertiary/aromatic N) is 5. The third-order valence-corrected chi connectivity index (χ3v) is 4.45. The smallest absolute Gasteiger partial charge is 0.260 e. The van der Waals surface area contributed by atoms with Gasteiger partial charge in [0.25, 0.3) is 5.91 Å². The molecule has 0 saturated carbocycles. The van der Waals surface area contributed by atoms with Gasteiger partial charge in [0, 0.05) is 37.4 Å². The molecule has 0 bridgehead atoms. The van der Waals surface area contributed by atoms with Crippen LogP contribution in [0.3, 0.4) is 0 Å². The number of hydrogen-bond donors (Lipinski definition) is 0. The zero-order chi connectivity index (χ0) is 16.7. The van der Waals surface area contributed by atoms with Crippen LogP contribution in [0.15, 0.2) is 36.8 Å². The van der Waals surface area contributed by atoms with Crippen LogP contribution in [0, 0.1) is 6.92 Å². The van der Waals surface area contributed by atoms with Crippen molar-refractivity contribution in [3.05, 3.63) is 53.7 Å². The summed E-state index contributed by atoms with van der Waals surface area (Å²) in [4.78, 5) is 19.5. The average molecular weight is 325 g/mol. The zero-order valence-electron chi connectivity index (χ0n) is 13.7. The van der Waals surface area contributed by atoms with E-state index < -0.39 is 0 Å². The molecule has 1 fully saturated rings. The number of aryl methyl sites for hydroxylation is 2. The Morgan fingerprint density at radius 2 is 2.21 bits per heavy atom. The van der Waals surface area contributed by atoms with Crippen molar-refractivity contribution in [2.45, 2.75) is 13.0 Å². The summed E-state index contributed by atoms with van der Waals surface area (Å²) in [6, 6.07) is 5.77. The van der Waals surface area contributed by atoms with Crippen LogP contribution in [0.5, 0.6) is 0 Å². The molecule has 24 heavy (non-hydrogen) atoms. The fourth-order valence-electron chi connectivity index (χ4n) is 3.18. The van der Waals surface area contributed by atoms with Crippen LogP contribution in [0.1, 0.15) is 27.8 Å². The lowest BCUT2D eigenvalue weighted by molar-refractivity contribution is -0.00454. The van der Waals surface area contributed by atoms with Crippen molar-refractivity contribution in [1.29, 1.82) is 0 Å². The molecule has 0 spiro atoms. The maximum Gasteiger partial charge on any atom is 0.260 e. The lowest BCUT2D eigenvalue weighted by atomic mass is 10.1. The zero-order valence-corrected chi connectivity index (χ0v) is 13.7. The highest BCUT2D eigenvalue weighted by Crippen LogP contribution is 2.26. The van der Waals surface area contributed by atoms with Gasteiger partial charge in [0.1, 0.15) is 5.56 Å². The fraction of sp³-hybridized carbons (Fsp3) is 0.353. The number of rotatable bonds is 2. The minimum Gasteiger partial charge on any atom is -0.377 e. The highest BCUT2D eigenvalue weighted by Gasteiger charge is 2.32. The molecule has 1 aliphatic heterocycles. The van der Waals surface area contributed by atoms with Crippen LogP contribution in [0.4, 0.5) is 0 Å². The first-order valence-electron chi connectivity index (χ1n) is 7.96. The molecule has 0 unspecified atom stereocenters. The van der Waals surface area contributed by atoms with E-state index in [0.717, 1.165) is 11.4 Å². The van der Waals surface area contributed by atoms with Crippen molar-refractivity contribution < 1.29 is 9.53 Å². The third kappa shape index (κ3) is 2.37. The monoisotopic (exact) mass is 325 g/mol. The summed E-state index contributed by atoms with van der Waals surface area (Å²) in [6.45, 7) is 3.49. The largest absolute Gasteiger partial charge is 0.377 e. The predicted octanol–water partition coefficient (Wildman–Crippen LogP) is 1.59. The summed E-state index contributed by atoms with van der Waals surface area (Å²) in [6.07, 6.45) is 5.40. The van der Waals surface area contributed by atoms with Gasteiger partial charge in [-0.2, -0.15) is 5.10 Å². The Morgan fingerprint density at radius 1 is 1.33 bits per heavy atom. The summed E-state index contributed by atoms with van der Waals surface area (Å²) in [7, 11) is 1.98. The number of hydrogen-bond acceptors (Lipinski definition) is 4. The summed E-state index contributed by atoms with van der Waals surface area (Å²) >= 11 is 0. The maximum absolute atomic E-state index is 13.2. The second-order valence-corrected chi connectivity index (χ2v) is 6.03. The van der Waals surface area contributed by atoms with Gasteiger partial charge in [-0.05, 0) is 25.1 Å². The molecule has 7 heteroatoms. The fourth-order valence-corrected chi connectivity index (χ4v) is 3.18. The minimum atomic E-state index is -0.106. The van der Waals surface area contributed by atoms with Crippen LogP contribution in [0.25, 0.3) is 5.65 Å². The Bertz CT molecular complexity index is 897. The Morgan fingerprint density at radius 3 is 3.00 bits per heavy atom. The molecule has 1 atom stereocenters. The number of amides is 1. The van der Waals surface area contributed by atoms with E-state index in [0.29, 0.717) is 31.0 Å². The number of fused-ring (bicyclic) bond motifs is 1. The van der Waals surface area contributed by atoms with Gasteiger partial charge in [-0.1, -0.05) is 0 Å². The summed E-state index contributed by atoms with van der Waals surface area (Å²) in [5, 5.41) is 4.25. The molecule has 0 radical (unpaired) electrons. The Kier molecular flexibility index (Phi) is 3.57. The molecule has 7 nitrogen and oxygen atoms in total. The molecule has 4 rings (SSSR count). The van der Waals surface area contributed by atoms with Crippen molar-refractivity contribution in [3.63, 3.8) is 0 Å². The molecular weight excluding hydrogens is 306 g/mol. The number of carbonyl (C=O) groups is 1. The van der Waals surface area contributed by atoms with Gasteiger partial charge in [0.2, 0.25) is 0 Å². The maximum atomic E-state index is 13.2. The number of ether oxygens (including phenoxy) is 1. The summed E-state index contributed by atoms with van der Waals surface area (Å²) in [5.74, 6) is -0.0578. The molecule has 0 N–H and O–H groups in total. The first kappa shape index (κ1) is 14.9. The highest BCUT2D eigenvalue weighted by atomic mass is 16.5. The van der Waals surface area contributed by atoms with E-state index in [-0.39, 0.29) is 11.9 Å². The SMILES string of the molecule is Cc1ccn2ncc(C(=O)N3CCOC[C@@H]3c3cccn3C)c2n1. The second-order valence-electron chi connectivity index (χ2n) is 6.03. The molecule has 1 aliphatic rings. The van der Waals surface area contributed by atoms with Crippen LogP contribution in [-0.4, -0.2) is 49.7 Å². The van der Waals surface area contributed by atoms with Crippen LogP contribution in [0.2, 0.25) is 0 Å². The van der Waals surface area contributed by atoms with Crippen molar-refractivity contribution in [2.24, 2.45) is 7.05 Å². The van der Waals surface area contributed by atoms with E-state index in [1.165, 1.54) is 0 Å². The molecule has 3 aromatic heterocycles. The van der Waals surface area contributed by atoms with Crippen LogP contribution >= 0.6 is 0 Å². The molecule has 1 amide bonds. The third-order valence-electron chi connectivity index (χ3n) is 4.45. The first-order valence-corrected chi connectivity index (χ1v) is 7.96. The quantitative estimate of drug-likeness (QED) is 0.718. The normalized spacial score (nSPS) is 18.2. The van der Waals surface area contributed by atoms with E-state index in [9.17, 15) is 4.79 Å². The minimum absolute atomic E-state index is 0.0578. The molecule has 0 aromatic carbocycles. The highest BCUT2D eigenvalue weighted by molar-refractivity contribution is 5.99. The molecule has 1 saturated heterocycles. The second kappa shape index (κ2) is 5.76. The Hall–Kier alpha value is -2.67. The van der Waals surface area contributed by atoms with E-state index >= 15 is 0 Å². The van der Waals surface area contributed by atoms with E-state index in [1.807, 2.05) is 54.0 Å². The lowest BCUT2D eigenvalue weighted by Crippen LogP contribution is -2.44. The van der Waals surface area contributed by atoms with Crippen molar-refractivity contribution in [2.75, 3.05) is 19.8 Å². The first-order chi connectivity index (χ1) is 11.6. The topological polar surface area (TPSA) is 64.7 Å². The lowest BCUT2D eigenvalue weighted by Gasteiger charge is -2.35. The Labute approximate surface area is 139 Å². The summed E-state index contributed by atoms with van der Waals surface area (Å²) < 4.78 is 9.28. The molecule has 124 valence electrons. The van der Waals surface area contributed by atoms with Gasteiger partial charge < -0.3 is 14.2 Å².